The normalized spacial score (nSPS) is 11.7. The van der Waals surface area contributed by atoms with Gasteiger partial charge in [0.05, 0.1) is 17.8 Å². The van der Waals surface area contributed by atoms with Gasteiger partial charge in [-0.05, 0) is 41.3 Å². The number of terminal acetylenes is 1. The summed E-state index contributed by atoms with van der Waals surface area (Å²) in [7, 11) is 0. The fourth-order valence-electron chi connectivity index (χ4n) is 4.33. The molecule has 1 aliphatic carbocycles. The SMILES string of the molecule is C#CCN(CC(=O)O)C(=O)c1cc(C)ccc1NC(=O)OCC1c2ccccc2-c2ccccc21. The van der Waals surface area contributed by atoms with E-state index in [4.69, 9.17) is 16.3 Å². The Morgan fingerprint density at radius 1 is 1.03 bits per heavy atom. The molecule has 0 fully saturated rings. The Morgan fingerprint density at radius 2 is 1.66 bits per heavy atom. The minimum absolute atomic E-state index is 0.103. The molecule has 3 aromatic rings. The van der Waals surface area contributed by atoms with Gasteiger partial charge < -0.3 is 14.7 Å². The zero-order valence-corrected chi connectivity index (χ0v) is 19.2. The van der Waals surface area contributed by atoms with Crippen molar-refractivity contribution in [3.8, 4) is 23.5 Å². The Kier molecular flexibility index (Phi) is 6.83. The van der Waals surface area contributed by atoms with Crippen LogP contribution >= 0.6 is 0 Å². The fourth-order valence-corrected chi connectivity index (χ4v) is 4.33. The van der Waals surface area contributed by atoms with E-state index in [1.807, 2.05) is 36.4 Å². The first-order valence-corrected chi connectivity index (χ1v) is 11.1. The molecule has 7 heteroatoms. The monoisotopic (exact) mass is 468 g/mol. The van der Waals surface area contributed by atoms with Crippen LogP contribution < -0.4 is 5.32 Å². The number of nitrogens with zero attached hydrogens (tertiary/aromatic N) is 1. The number of fused-ring (bicyclic) bond motifs is 3. The Bertz CT molecular complexity index is 1300. The largest absolute Gasteiger partial charge is 0.480 e. The topological polar surface area (TPSA) is 95.9 Å². The third-order valence-electron chi connectivity index (χ3n) is 5.88. The summed E-state index contributed by atoms with van der Waals surface area (Å²) in [6.45, 7) is 1.18. The molecule has 0 bridgehead atoms. The summed E-state index contributed by atoms with van der Waals surface area (Å²) in [6.07, 6.45) is 4.59. The number of rotatable bonds is 7. The maximum absolute atomic E-state index is 13.0. The van der Waals surface area contributed by atoms with Gasteiger partial charge in [0.25, 0.3) is 5.91 Å². The molecule has 0 aromatic heterocycles. The number of benzene rings is 3. The molecule has 0 atom stereocenters. The summed E-state index contributed by atoms with van der Waals surface area (Å²) in [6, 6.07) is 20.9. The van der Waals surface area contributed by atoms with Crippen molar-refractivity contribution in [3.63, 3.8) is 0 Å². The number of hydrogen-bond donors (Lipinski definition) is 2. The fraction of sp³-hybridized carbons (Fsp3) is 0.179. The minimum atomic E-state index is -1.19. The molecule has 0 heterocycles. The molecule has 0 unspecified atom stereocenters. The van der Waals surface area contributed by atoms with Gasteiger partial charge in [-0.1, -0.05) is 66.1 Å². The summed E-state index contributed by atoms with van der Waals surface area (Å²) >= 11 is 0. The quantitative estimate of drug-likeness (QED) is 0.497. The molecule has 1 aliphatic rings. The first-order valence-electron chi connectivity index (χ1n) is 11.1. The molecular weight excluding hydrogens is 444 g/mol. The molecule has 3 aromatic carbocycles. The van der Waals surface area contributed by atoms with Crippen LogP contribution in [0.5, 0.6) is 0 Å². The van der Waals surface area contributed by atoms with E-state index in [1.54, 1.807) is 25.1 Å². The average Bonchev–Trinajstić information content (AvgIpc) is 3.16. The summed E-state index contributed by atoms with van der Waals surface area (Å²) in [5.74, 6) is 0.411. The summed E-state index contributed by atoms with van der Waals surface area (Å²) in [4.78, 5) is 38.0. The third-order valence-corrected chi connectivity index (χ3v) is 5.88. The molecule has 0 radical (unpaired) electrons. The van der Waals surface area contributed by atoms with Crippen molar-refractivity contribution in [2.45, 2.75) is 12.8 Å². The number of hydrogen-bond acceptors (Lipinski definition) is 4. The lowest BCUT2D eigenvalue weighted by Gasteiger charge is -2.20. The van der Waals surface area contributed by atoms with Crippen LogP contribution in [0, 0.1) is 19.3 Å². The smallest absolute Gasteiger partial charge is 0.411 e. The lowest BCUT2D eigenvalue weighted by Crippen LogP contribution is -2.36. The zero-order chi connectivity index (χ0) is 24.9. The molecule has 2 N–H and O–H groups in total. The lowest BCUT2D eigenvalue weighted by atomic mass is 9.98. The Morgan fingerprint density at radius 3 is 2.26 bits per heavy atom. The van der Waals surface area contributed by atoms with E-state index in [0.717, 1.165) is 32.7 Å². The van der Waals surface area contributed by atoms with E-state index in [-0.39, 0.29) is 30.3 Å². The standard InChI is InChI=1S/C28H24N2O5/c1-3-14-30(16-26(31)32)27(33)23-15-18(2)12-13-25(23)29-28(34)35-17-24-21-10-6-4-8-19(21)20-9-5-7-11-22(20)24/h1,4-13,15,24H,14,16-17H2,2H3,(H,29,34)(H,31,32). The Labute approximate surface area is 203 Å². The van der Waals surface area contributed by atoms with Crippen molar-refractivity contribution in [3.05, 3.63) is 89.0 Å². The molecule has 7 nitrogen and oxygen atoms in total. The van der Waals surface area contributed by atoms with E-state index in [0.29, 0.717) is 0 Å². The number of carbonyl (C=O) groups excluding carboxylic acids is 2. The van der Waals surface area contributed by atoms with Crippen molar-refractivity contribution in [2.24, 2.45) is 0 Å². The Balaban J connectivity index is 1.51. The molecule has 0 saturated carbocycles. The van der Waals surface area contributed by atoms with Gasteiger partial charge in [0.15, 0.2) is 0 Å². The average molecular weight is 469 g/mol. The van der Waals surface area contributed by atoms with Crippen LogP contribution in [0.15, 0.2) is 66.7 Å². The number of carboxylic acid groups (broad SMARTS) is 1. The first kappa shape index (κ1) is 23.6. The Hall–Kier alpha value is -4.57. The van der Waals surface area contributed by atoms with Gasteiger partial charge in [-0.3, -0.25) is 14.9 Å². The molecule has 2 amide bonds. The van der Waals surface area contributed by atoms with Crippen LogP contribution in [0.25, 0.3) is 11.1 Å². The van der Waals surface area contributed by atoms with Crippen LogP contribution in [0.2, 0.25) is 0 Å². The molecule has 0 saturated heterocycles. The van der Waals surface area contributed by atoms with Crippen LogP contribution in [-0.4, -0.2) is 47.7 Å². The van der Waals surface area contributed by atoms with E-state index in [1.165, 1.54) is 0 Å². The van der Waals surface area contributed by atoms with E-state index >= 15 is 0 Å². The van der Waals surface area contributed by atoms with Crippen molar-refractivity contribution >= 4 is 23.7 Å². The summed E-state index contributed by atoms with van der Waals surface area (Å²) < 4.78 is 5.58. The number of carbonyl (C=O) groups is 3. The maximum atomic E-state index is 13.0. The highest BCUT2D eigenvalue weighted by Gasteiger charge is 2.29. The van der Waals surface area contributed by atoms with Crippen molar-refractivity contribution in [2.75, 3.05) is 25.0 Å². The first-order chi connectivity index (χ1) is 16.9. The van der Waals surface area contributed by atoms with Gasteiger partial charge in [-0.25, -0.2) is 4.79 Å². The second kappa shape index (κ2) is 10.1. The second-order valence-electron chi connectivity index (χ2n) is 8.26. The predicted octanol–water partition coefficient (Wildman–Crippen LogP) is 4.52. The molecule has 176 valence electrons. The molecule has 0 aliphatic heterocycles. The predicted molar refractivity (Wildman–Crippen MR) is 132 cm³/mol. The number of amides is 2. The summed E-state index contributed by atoms with van der Waals surface area (Å²) in [5.41, 5.74) is 5.53. The molecule has 4 rings (SSSR count). The van der Waals surface area contributed by atoms with Gasteiger partial charge >= 0.3 is 12.1 Å². The van der Waals surface area contributed by atoms with E-state index < -0.39 is 24.5 Å². The second-order valence-corrected chi connectivity index (χ2v) is 8.26. The maximum Gasteiger partial charge on any atom is 0.411 e. The number of ether oxygens (including phenoxy) is 1. The van der Waals surface area contributed by atoms with E-state index in [9.17, 15) is 14.4 Å². The number of carboxylic acids is 1. The van der Waals surface area contributed by atoms with E-state index in [2.05, 4.69) is 23.4 Å². The van der Waals surface area contributed by atoms with Crippen LogP contribution in [0.3, 0.4) is 0 Å². The number of anilines is 1. The third kappa shape index (κ3) is 5.02. The van der Waals surface area contributed by atoms with Gasteiger partial charge in [0, 0.05) is 5.92 Å². The van der Waals surface area contributed by atoms with Crippen LogP contribution in [0.1, 0.15) is 33.0 Å². The molecule has 35 heavy (non-hydrogen) atoms. The van der Waals surface area contributed by atoms with Gasteiger partial charge in [-0.15, -0.1) is 6.42 Å². The number of nitrogens with one attached hydrogen (secondary N) is 1. The van der Waals surface area contributed by atoms with Gasteiger partial charge in [0.1, 0.15) is 13.2 Å². The van der Waals surface area contributed by atoms with Crippen molar-refractivity contribution < 1.29 is 24.2 Å². The number of aliphatic carboxylic acids is 1. The molecular formula is C28H24N2O5. The lowest BCUT2D eigenvalue weighted by molar-refractivity contribution is -0.137. The van der Waals surface area contributed by atoms with Crippen molar-refractivity contribution in [1.82, 2.24) is 4.90 Å². The van der Waals surface area contributed by atoms with Crippen LogP contribution in [-0.2, 0) is 9.53 Å². The van der Waals surface area contributed by atoms with Crippen LogP contribution in [0.4, 0.5) is 10.5 Å². The van der Waals surface area contributed by atoms with Crippen molar-refractivity contribution in [1.29, 1.82) is 0 Å². The number of aryl methyl sites for hydroxylation is 1. The van der Waals surface area contributed by atoms with Gasteiger partial charge in [-0.2, -0.15) is 0 Å². The minimum Gasteiger partial charge on any atom is -0.480 e. The highest BCUT2D eigenvalue weighted by molar-refractivity contribution is 6.03. The zero-order valence-electron chi connectivity index (χ0n) is 19.2. The molecule has 0 spiro atoms. The summed E-state index contributed by atoms with van der Waals surface area (Å²) in [5, 5.41) is 11.8. The highest BCUT2D eigenvalue weighted by Crippen LogP contribution is 2.44. The highest BCUT2D eigenvalue weighted by atomic mass is 16.5. The van der Waals surface area contributed by atoms with Gasteiger partial charge in [0.2, 0.25) is 0 Å².